The van der Waals surface area contributed by atoms with Crippen molar-refractivity contribution in [2.75, 3.05) is 20.8 Å². The van der Waals surface area contributed by atoms with E-state index in [4.69, 9.17) is 25.8 Å². The standard InChI is InChI=1S/C19H20ClNO4/c1-23-16-6-3-13(4-7-16)9-15-12-25-19(22)21(15)11-14-5-8-17(20)18(10-14)24-2/h3-8,10,15H,9,11-12H2,1-2H3. The van der Waals surface area contributed by atoms with Crippen molar-refractivity contribution in [2.24, 2.45) is 0 Å². The first-order chi connectivity index (χ1) is 12.1. The second-order valence-corrected chi connectivity index (χ2v) is 6.29. The van der Waals surface area contributed by atoms with Gasteiger partial charge >= 0.3 is 6.09 Å². The van der Waals surface area contributed by atoms with Crippen LogP contribution in [0.15, 0.2) is 42.5 Å². The fourth-order valence-electron chi connectivity index (χ4n) is 2.89. The molecular formula is C19H20ClNO4. The Bertz CT molecular complexity index is 748. The maximum absolute atomic E-state index is 12.1. The van der Waals surface area contributed by atoms with Crippen molar-refractivity contribution in [1.29, 1.82) is 0 Å². The summed E-state index contributed by atoms with van der Waals surface area (Å²) < 4.78 is 15.7. The third kappa shape index (κ3) is 3.99. The van der Waals surface area contributed by atoms with Gasteiger partial charge in [0.15, 0.2) is 0 Å². The highest BCUT2D eigenvalue weighted by Gasteiger charge is 2.33. The zero-order valence-electron chi connectivity index (χ0n) is 14.2. The maximum Gasteiger partial charge on any atom is 0.410 e. The normalized spacial score (nSPS) is 16.7. The van der Waals surface area contributed by atoms with Crippen molar-refractivity contribution in [3.63, 3.8) is 0 Å². The number of halogens is 1. The molecule has 3 rings (SSSR count). The van der Waals surface area contributed by atoms with Gasteiger partial charge in [0.25, 0.3) is 0 Å². The van der Waals surface area contributed by atoms with E-state index in [1.165, 1.54) is 0 Å². The van der Waals surface area contributed by atoms with Crippen molar-refractivity contribution in [3.8, 4) is 11.5 Å². The van der Waals surface area contributed by atoms with Gasteiger partial charge in [0, 0.05) is 6.54 Å². The Hall–Kier alpha value is -2.40. The van der Waals surface area contributed by atoms with Gasteiger partial charge in [-0.1, -0.05) is 29.8 Å². The predicted molar refractivity (Wildman–Crippen MR) is 95.4 cm³/mol. The molecule has 132 valence electrons. The fraction of sp³-hybridized carbons (Fsp3) is 0.316. The number of methoxy groups -OCH3 is 2. The van der Waals surface area contributed by atoms with Crippen LogP contribution in [0.4, 0.5) is 4.79 Å². The molecular weight excluding hydrogens is 342 g/mol. The van der Waals surface area contributed by atoms with E-state index >= 15 is 0 Å². The van der Waals surface area contributed by atoms with Gasteiger partial charge in [-0.3, -0.25) is 4.90 Å². The van der Waals surface area contributed by atoms with Crippen LogP contribution in [0.3, 0.4) is 0 Å². The van der Waals surface area contributed by atoms with Gasteiger partial charge in [0.1, 0.15) is 18.1 Å². The molecule has 5 nitrogen and oxygen atoms in total. The molecule has 1 fully saturated rings. The topological polar surface area (TPSA) is 48.0 Å². The zero-order valence-corrected chi connectivity index (χ0v) is 15.0. The van der Waals surface area contributed by atoms with Crippen LogP contribution >= 0.6 is 11.6 Å². The van der Waals surface area contributed by atoms with Crippen molar-refractivity contribution in [1.82, 2.24) is 4.90 Å². The summed E-state index contributed by atoms with van der Waals surface area (Å²) in [6, 6.07) is 13.3. The average molecular weight is 362 g/mol. The van der Waals surface area contributed by atoms with Crippen LogP contribution in [-0.2, 0) is 17.7 Å². The van der Waals surface area contributed by atoms with E-state index in [-0.39, 0.29) is 12.1 Å². The monoisotopic (exact) mass is 361 g/mol. The number of amides is 1. The highest BCUT2D eigenvalue weighted by atomic mass is 35.5. The summed E-state index contributed by atoms with van der Waals surface area (Å²) in [5, 5.41) is 0.546. The Morgan fingerprint density at radius 1 is 1.12 bits per heavy atom. The average Bonchev–Trinajstić information content (AvgIpc) is 2.97. The minimum atomic E-state index is -0.299. The van der Waals surface area contributed by atoms with Crippen LogP contribution in [0.2, 0.25) is 5.02 Å². The van der Waals surface area contributed by atoms with Crippen LogP contribution in [0.25, 0.3) is 0 Å². The van der Waals surface area contributed by atoms with Gasteiger partial charge < -0.3 is 14.2 Å². The number of nitrogens with zero attached hydrogens (tertiary/aromatic N) is 1. The van der Waals surface area contributed by atoms with Crippen molar-refractivity contribution < 1.29 is 19.0 Å². The van der Waals surface area contributed by atoms with Crippen LogP contribution in [0.5, 0.6) is 11.5 Å². The molecule has 25 heavy (non-hydrogen) atoms. The van der Waals surface area contributed by atoms with E-state index in [2.05, 4.69) is 0 Å². The van der Waals surface area contributed by atoms with E-state index < -0.39 is 0 Å². The summed E-state index contributed by atoms with van der Waals surface area (Å²) >= 11 is 6.06. The third-order valence-corrected chi connectivity index (χ3v) is 4.59. The minimum Gasteiger partial charge on any atom is -0.497 e. The summed E-state index contributed by atoms with van der Waals surface area (Å²) in [4.78, 5) is 13.9. The lowest BCUT2D eigenvalue weighted by molar-refractivity contribution is 0.156. The number of benzene rings is 2. The molecule has 1 unspecified atom stereocenters. The number of hydrogen-bond donors (Lipinski definition) is 0. The second kappa shape index (κ2) is 7.66. The highest BCUT2D eigenvalue weighted by molar-refractivity contribution is 6.32. The summed E-state index contributed by atoms with van der Waals surface area (Å²) in [5.74, 6) is 1.41. The molecule has 0 saturated carbocycles. The Balaban J connectivity index is 1.73. The first kappa shape index (κ1) is 17.4. The SMILES string of the molecule is COc1ccc(CC2COC(=O)N2Cc2ccc(Cl)c(OC)c2)cc1. The van der Waals surface area contributed by atoms with E-state index in [0.29, 0.717) is 23.9 Å². The van der Waals surface area contributed by atoms with Crippen molar-refractivity contribution >= 4 is 17.7 Å². The fourth-order valence-corrected chi connectivity index (χ4v) is 3.08. The molecule has 1 heterocycles. The number of carbonyl (C=O) groups is 1. The molecule has 1 aliphatic heterocycles. The van der Waals surface area contributed by atoms with Gasteiger partial charge in [-0.25, -0.2) is 4.79 Å². The zero-order chi connectivity index (χ0) is 17.8. The summed E-state index contributed by atoms with van der Waals surface area (Å²) in [7, 11) is 3.21. The number of ether oxygens (including phenoxy) is 3. The number of cyclic esters (lactones) is 1. The first-order valence-electron chi connectivity index (χ1n) is 7.99. The van der Waals surface area contributed by atoms with E-state index in [1.54, 1.807) is 25.2 Å². The van der Waals surface area contributed by atoms with E-state index in [9.17, 15) is 4.79 Å². The van der Waals surface area contributed by atoms with Gasteiger partial charge in [0.2, 0.25) is 0 Å². The summed E-state index contributed by atoms with van der Waals surface area (Å²) in [6.45, 7) is 0.836. The largest absolute Gasteiger partial charge is 0.497 e. The quantitative estimate of drug-likeness (QED) is 0.782. The summed E-state index contributed by atoms with van der Waals surface area (Å²) in [5.41, 5.74) is 2.07. The lowest BCUT2D eigenvalue weighted by atomic mass is 10.0. The van der Waals surface area contributed by atoms with Crippen LogP contribution in [-0.4, -0.2) is 37.9 Å². The van der Waals surface area contributed by atoms with Gasteiger partial charge in [-0.15, -0.1) is 0 Å². The van der Waals surface area contributed by atoms with Crippen molar-refractivity contribution in [2.45, 2.75) is 19.0 Å². The molecule has 0 N–H and O–H groups in total. The highest BCUT2D eigenvalue weighted by Crippen LogP contribution is 2.27. The van der Waals surface area contributed by atoms with E-state index in [0.717, 1.165) is 23.3 Å². The molecule has 1 saturated heterocycles. The van der Waals surface area contributed by atoms with Crippen LogP contribution < -0.4 is 9.47 Å². The molecule has 0 aliphatic carbocycles. The van der Waals surface area contributed by atoms with Crippen LogP contribution in [0.1, 0.15) is 11.1 Å². The van der Waals surface area contributed by atoms with E-state index in [1.807, 2.05) is 36.4 Å². The van der Waals surface area contributed by atoms with Crippen molar-refractivity contribution in [3.05, 3.63) is 58.6 Å². The lowest BCUT2D eigenvalue weighted by Crippen LogP contribution is -2.34. The number of rotatable bonds is 6. The molecule has 2 aromatic carbocycles. The Morgan fingerprint density at radius 2 is 1.84 bits per heavy atom. The third-order valence-electron chi connectivity index (χ3n) is 4.27. The Labute approximate surface area is 152 Å². The van der Waals surface area contributed by atoms with Gasteiger partial charge in [-0.2, -0.15) is 0 Å². The molecule has 1 atom stereocenters. The Morgan fingerprint density at radius 3 is 2.52 bits per heavy atom. The lowest BCUT2D eigenvalue weighted by Gasteiger charge is -2.22. The number of carbonyl (C=O) groups excluding carboxylic acids is 1. The second-order valence-electron chi connectivity index (χ2n) is 5.88. The summed E-state index contributed by atoms with van der Waals surface area (Å²) in [6.07, 6.45) is 0.424. The van der Waals surface area contributed by atoms with Crippen LogP contribution in [0, 0.1) is 0 Å². The molecule has 6 heteroatoms. The molecule has 0 radical (unpaired) electrons. The molecule has 2 aromatic rings. The number of hydrogen-bond acceptors (Lipinski definition) is 4. The molecule has 0 spiro atoms. The smallest absolute Gasteiger partial charge is 0.410 e. The predicted octanol–water partition coefficient (Wildman–Crippen LogP) is 3.92. The van der Waals surface area contributed by atoms with Gasteiger partial charge in [-0.05, 0) is 41.8 Å². The molecule has 0 aromatic heterocycles. The minimum absolute atomic E-state index is 0.0115. The molecule has 0 bridgehead atoms. The Kier molecular flexibility index (Phi) is 5.34. The molecule has 1 amide bonds. The first-order valence-corrected chi connectivity index (χ1v) is 8.37. The van der Waals surface area contributed by atoms with Gasteiger partial charge in [0.05, 0.1) is 25.3 Å². The maximum atomic E-state index is 12.1. The molecule has 1 aliphatic rings.